The van der Waals surface area contributed by atoms with Crippen LogP contribution < -0.4 is 10.5 Å². The van der Waals surface area contributed by atoms with E-state index in [1.165, 1.54) is 0 Å². The molecule has 3 N–H and O–H groups in total. The molecule has 10 heteroatoms. The highest BCUT2D eigenvalue weighted by atomic mass is 79.9. The Kier molecular flexibility index (Phi) is 4.80. The van der Waals surface area contributed by atoms with Crippen LogP contribution in [0.25, 0.3) is 0 Å². The van der Waals surface area contributed by atoms with Crippen molar-refractivity contribution in [3.8, 4) is 0 Å². The Morgan fingerprint density at radius 2 is 1.89 bits per heavy atom. The van der Waals surface area contributed by atoms with Crippen LogP contribution in [0.4, 0.5) is 23.2 Å². The van der Waals surface area contributed by atoms with E-state index in [0.717, 1.165) is 12.1 Å². The van der Waals surface area contributed by atoms with E-state index in [2.05, 4.69) is 15.9 Å². The Morgan fingerprint density at radius 1 is 1.32 bits per heavy atom. The summed E-state index contributed by atoms with van der Waals surface area (Å²) in [6.07, 6.45) is -5.85. The topological polar surface area (TPSA) is 72.2 Å². The molecule has 0 saturated heterocycles. The highest BCUT2D eigenvalue weighted by Gasteiger charge is 2.28. The van der Waals surface area contributed by atoms with Gasteiger partial charge in [0, 0.05) is 12.2 Å². The summed E-state index contributed by atoms with van der Waals surface area (Å²) in [6.45, 7) is -0.877. The second kappa shape index (κ2) is 5.63. The third-order valence-electron chi connectivity index (χ3n) is 2.01. The summed E-state index contributed by atoms with van der Waals surface area (Å²) in [5, 5.41) is 0. The zero-order valence-corrected chi connectivity index (χ0v) is 11.7. The second-order valence-electron chi connectivity index (χ2n) is 3.58. The minimum absolute atomic E-state index is 0.0375. The molecule has 0 saturated carbocycles. The fourth-order valence-electron chi connectivity index (χ4n) is 1.18. The summed E-state index contributed by atoms with van der Waals surface area (Å²) >= 11 is 2.76. The summed E-state index contributed by atoms with van der Waals surface area (Å²) < 4.78 is 74.1. The monoisotopic (exact) mass is 364 g/mol. The number of sulfonamides is 1. The van der Waals surface area contributed by atoms with Gasteiger partial charge >= 0.3 is 6.18 Å². The Hall–Kier alpha value is -0.870. The Morgan fingerprint density at radius 3 is 2.42 bits per heavy atom. The maximum absolute atomic E-state index is 13.6. The summed E-state index contributed by atoms with van der Waals surface area (Å²) in [5.41, 5.74) is 5.32. The van der Waals surface area contributed by atoms with Crippen LogP contribution in [0.1, 0.15) is 6.42 Å². The van der Waals surface area contributed by atoms with Crippen molar-refractivity contribution in [3.05, 3.63) is 22.4 Å². The Bertz CT molecular complexity index is 574. The van der Waals surface area contributed by atoms with Crippen LogP contribution in [-0.2, 0) is 10.0 Å². The number of nitrogens with two attached hydrogens (primary N) is 1. The van der Waals surface area contributed by atoms with Crippen molar-refractivity contribution in [1.29, 1.82) is 0 Å². The van der Waals surface area contributed by atoms with Crippen molar-refractivity contribution in [2.75, 3.05) is 12.3 Å². The van der Waals surface area contributed by atoms with Crippen LogP contribution in [0.15, 0.2) is 21.5 Å². The molecule has 0 aliphatic heterocycles. The zero-order valence-electron chi connectivity index (χ0n) is 9.26. The molecule has 0 fully saturated rings. The number of nitrogens with one attached hydrogen (secondary N) is 1. The number of hydrogen-bond acceptors (Lipinski definition) is 3. The number of anilines is 1. The molecule has 4 nitrogen and oxygen atoms in total. The van der Waals surface area contributed by atoms with Gasteiger partial charge in [0.05, 0.1) is 10.9 Å². The van der Waals surface area contributed by atoms with Crippen molar-refractivity contribution in [2.45, 2.75) is 17.5 Å². The first-order valence-corrected chi connectivity index (χ1v) is 7.11. The molecule has 0 heterocycles. The predicted octanol–water partition coefficient (Wildman–Crippen LogP) is 2.40. The minimum Gasteiger partial charge on any atom is -0.399 e. The normalized spacial score (nSPS) is 12.7. The van der Waals surface area contributed by atoms with Crippen molar-refractivity contribution in [1.82, 2.24) is 4.72 Å². The third kappa shape index (κ3) is 4.62. The van der Waals surface area contributed by atoms with E-state index in [9.17, 15) is 26.0 Å². The largest absolute Gasteiger partial charge is 0.399 e. The van der Waals surface area contributed by atoms with Gasteiger partial charge in [-0.1, -0.05) is 0 Å². The van der Waals surface area contributed by atoms with Gasteiger partial charge < -0.3 is 5.73 Å². The van der Waals surface area contributed by atoms with Crippen LogP contribution in [0.3, 0.4) is 0 Å². The van der Waals surface area contributed by atoms with E-state index in [-0.39, 0.29) is 10.2 Å². The minimum atomic E-state index is -4.50. The van der Waals surface area contributed by atoms with E-state index >= 15 is 0 Å². The van der Waals surface area contributed by atoms with E-state index in [1.807, 2.05) is 0 Å². The van der Waals surface area contributed by atoms with E-state index in [4.69, 9.17) is 5.73 Å². The van der Waals surface area contributed by atoms with Gasteiger partial charge in [0.15, 0.2) is 5.82 Å². The number of hydrogen-bond donors (Lipinski definition) is 2. The standard InChI is InChI=1S/C9H9BrF4N2O2S/c10-6-3-5(15)4-7(8(6)11)19(17,18)16-2-1-9(12,13)14/h3-4,16H,1-2,15H2. The fourth-order valence-corrected chi connectivity index (χ4v) is 2.96. The third-order valence-corrected chi connectivity index (χ3v) is 4.04. The molecule has 1 aromatic rings. The quantitative estimate of drug-likeness (QED) is 0.636. The summed E-state index contributed by atoms with van der Waals surface area (Å²) in [7, 11) is -4.39. The molecule has 1 aromatic carbocycles. The van der Waals surface area contributed by atoms with Crippen LogP contribution in [-0.4, -0.2) is 21.1 Å². The van der Waals surface area contributed by atoms with Gasteiger partial charge in [-0.25, -0.2) is 17.5 Å². The number of nitrogen functional groups attached to an aromatic ring is 1. The van der Waals surface area contributed by atoms with Gasteiger partial charge in [0.2, 0.25) is 10.0 Å². The molecule has 19 heavy (non-hydrogen) atoms. The highest BCUT2D eigenvalue weighted by Crippen LogP contribution is 2.26. The van der Waals surface area contributed by atoms with Crippen LogP contribution in [0.2, 0.25) is 0 Å². The Labute approximate surface area is 115 Å². The molecule has 0 aromatic heterocycles. The average molecular weight is 365 g/mol. The van der Waals surface area contributed by atoms with Gasteiger partial charge in [-0.15, -0.1) is 0 Å². The summed E-state index contributed by atoms with van der Waals surface area (Å²) in [5.74, 6) is -1.12. The molecule has 0 aliphatic rings. The maximum Gasteiger partial charge on any atom is 0.390 e. The van der Waals surface area contributed by atoms with Gasteiger partial charge in [0.25, 0.3) is 0 Å². The maximum atomic E-state index is 13.6. The first-order chi connectivity index (χ1) is 8.53. The first kappa shape index (κ1) is 16.2. The SMILES string of the molecule is Nc1cc(Br)c(F)c(S(=O)(=O)NCCC(F)(F)F)c1. The number of rotatable bonds is 4. The van der Waals surface area contributed by atoms with E-state index < -0.39 is 39.9 Å². The predicted molar refractivity (Wildman–Crippen MR) is 64.4 cm³/mol. The van der Waals surface area contributed by atoms with Crippen molar-refractivity contribution in [3.63, 3.8) is 0 Å². The molecular weight excluding hydrogens is 356 g/mol. The molecule has 0 amide bonds. The molecule has 1 rings (SSSR count). The highest BCUT2D eigenvalue weighted by molar-refractivity contribution is 9.10. The van der Waals surface area contributed by atoms with Crippen molar-refractivity contribution in [2.24, 2.45) is 0 Å². The van der Waals surface area contributed by atoms with Gasteiger partial charge in [-0.3, -0.25) is 0 Å². The van der Waals surface area contributed by atoms with Gasteiger partial charge in [-0.05, 0) is 28.1 Å². The van der Waals surface area contributed by atoms with Gasteiger partial charge in [-0.2, -0.15) is 13.2 Å². The lowest BCUT2D eigenvalue weighted by molar-refractivity contribution is -0.132. The molecule has 0 aliphatic carbocycles. The second-order valence-corrected chi connectivity index (χ2v) is 6.17. The lowest BCUT2D eigenvalue weighted by Crippen LogP contribution is -2.28. The smallest absolute Gasteiger partial charge is 0.390 e. The average Bonchev–Trinajstić information content (AvgIpc) is 2.20. The molecule has 0 radical (unpaired) electrons. The number of halogens is 5. The Balaban J connectivity index is 2.95. The molecule has 0 spiro atoms. The van der Waals surface area contributed by atoms with Crippen molar-refractivity contribution >= 4 is 31.6 Å². The number of benzene rings is 1. The summed E-state index contributed by atoms with van der Waals surface area (Å²) in [6, 6.07) is 1.97. The van der Waals surface area contributed by atoms with Crippen molar-refractivity contribution < 1.29 is 26.0 Å². The molecule has 108 valence electrons. The van der Waals surface area contributed by atoms with Gasteiger partial charge in [0.1, 0.15) is 4.90 Å². The summed E-state index contributed by atoms with van der Waals surface area (Å²) in [4.78, 5) is -0.804. The van der Waals surface area contributed by atoms with Crippen LogP contribution in [0.5, 0.6) is 0 Å². The fraction of sp³-hybridized carbons (Fsp3) is 0.333. The molecular formula is C9H9BrF4N2O2S. The lowest BCUT2D eigenvalue weighted by atomic mass is 10.3. The zero-order chi connectivity index (χ0) is 14.8. The number of alkyl halides is 3. The van der Waals surface area contributed by atoms with Crippen LogP contribution >= 0.6 is 15.9 Å². The molecule has 0 atom stereocenters. The lowest BCUT2D eigenvalue weighted by Gasteiger charge is -2.10. The molecule has 0 bridgehead atoms. The van der Waals surface area contributed by atoms with E-state index in [1.54, 1.807) is 4.72 Å². The van der Waals surface area contributed by atoms with E-state index in [0.29, 0.717) is 0 Å². The molecule has 0 unspecified atom stereocenters. The first-order valence-electron chi connectivity index (χ1n) is 4.84. The van der Waals surface area contributed by atoms with Crippen LogP contribution in [0, 0.1) is 5.82 Å².